The van der Waals surface area contributed by atoms with Crippen LogP contribution in [0.2, 0.25) is 0 Å². The maximum absolute atomic E-state index is 5.78. The summed E-state index contributed by atoms with van der Waals surface area (Å²) in [7, 11) is 0. The van der Waals surface area contributed by atoms with Gasteiger partial charge in [-0.1, -0.05) is 18.6 Å². The number of anilines is 1. The van der Waals surface area contributed by atoms with Crippen LogP contribution in [0.25, 0.3) is 0 Å². The van der Waals surface area contributed by atoms with Gasteiger partial charge in [0.05, 0.1) is 0 Å². The molecule has 20 heavy (non-hydrogen) atoms. The molecule has 2 heteroatoms. The molecule has 0 aliphatic heterocycles. The molecule has 2 aliphatic carbocycles. The molecule has 0 amide bonds. The normalized spacial score (nSPS) is 28.7. The second kappa shape index (κ2) is 5.77. The zero-order valence-corrected chi connectivity index (χ0v) is 12.9. The summed E-state index contributed by atoms with van der Waals surface area (Å²) in [6.07, 6.45) is 5.98. The Hall–Kier alpha value is -1.02. The van der Waals surface area contributed by atoms with E-state index in [9.17, 15) is 0 Å². The van der Waals surface area contributed by atoms with Gasteiger partial charge in [0.2, 0.25) is 0 Å². The van der Waals surface area contributed by atoms with Crippen LogP contribution in [0, 0.1) is 17.8 Å². The predicted molar refractivity (Wildman–Crippen MR) is 85.3 cm³/mol. The minimum Gasteiger partial charge on any atom is -0.399 e. The van der Waals surface area contributed by atoms with E-state index in [1.54, 1.807) is 0 Å². The molecule has 110 valence electrons. The highest BCUT2D eigenvalue weighted by molar-refractivity contribution is 5.39. The van der Waals surface area contributed by atoms with E-state index < -0.39 is 0 Å². The number of benzene rings is 1. The van der Waals surface area contributed by atoms with Gasteiger partial charge >= 0.3 is 0 Å². The van der Waals surface area contributed by atoms with E-state index in [0.29, 0.717) is 6.04 Å². The van der Waals surface area contributed by atoms with Crippen LogP contribution in [0.1, 0.15) is 45.1 Å². The molecule has 0 spiro atoms. The Morgan fingerprint density at radius 3 is 2.45 bits per heavy atom. The van der Waals surface area contributed by atoms with Gasteiger partial charge < -0.3 is 5.73 Å². The molecule has 2 bridgehead atoms. The zero-order valence-electron chi connectivity index (χ0n) is 12.9. The van der Waals surface area contributed by atoms with Crippen LogP contribution in [-0.2, 0) is 6.54 Å². The summed E-state index contributed by atoms with van der Waals surface area (Å²) in [4.78, 5) is 2.65. The molecule has 0 aromatic heterocycles. The standard InChI is InChI=1S/C18H28N2/c1-13(2)20(11-14-4-7-18(19)8-5-14)12-17-10-15-3-6-16(17)9-15/h4-5,7-8,13,15-17H,3,6,9-12,19H2,1-2H3. The van der Waals surface area contributed by atoms with E-state index in [2.05, 4.69) is 30.9 Å². The van der Waals surface area contributed by atoms with E-state index in [1.807, 2.05) is 12.1 Å². The molecule has 0 heterocycles. The van der Waals surface area contributed by atoms with Gasteiger partial charge in [-0.25, -0.2) is 0 Å². The molecule has 2 fully saturated rings. The Kier molecular flexibility index (Phi) is 4.02. The first-order valence-electron chi connectivity index (χ1n) is 8.20. The average Bonchev–Trinajstić information content (AvgIpc) is 3.02. The summed E-state index contributed by atoms with van der Waals surface area (Å²) in [5.74, 6) is 3.02. The summed E-state index contributed by atoms with van der Waals surface area (Å²) in [6.45, 7) is 6.99. The molecule has 2 saturated carbocycles. The lowest BCUT2D eigenvalue weighted by atomic mass is 9.88. The van der Waals surface area contributed by atoms with Crippen molar-refractivity contribution >= 4 is 5.69 Å². The van der Waals surface area contributed by atoms with Crippen LogP contribution in [0.4, 0.5) is 5.69 Å². The molecule has 3 unspecified atom stereocenters. The number of rotatable bonds is 5. The van der Waals surface area contributed by atoms with Crippen molar-refractivity contribution in [2.24, 2.45) is 17.8 Å². The molecule has 3 rings (SSSR count). The van der Waals surface area contributed by atoms with Gasteiger partial charge in [0.25, 0.3) is 0 Å². The van der Waals surface area contributed by atoms with Gasteiger partial charge in [0, 0.05) is 24.8 Å². The number of hydrogen-bond acceptors (Lipinski definition) is 2. The van der Waals surface area contributed by atoms with Crippen molar-refractivity contribution in [1.82, 2.24) is 4.90 Å². The smallest absolute Gasteiger partial charge is 0.0314 e. The first-order chi connectivity index (χ1) is 9.61. The number of hydrogen-bond donors (Lipinski definition) is 1. The van der Waals surface area contributed by atoms with Crippen molar-refractivity contribution in [2.75, 3.05) is 12.3 Å². The Labute approximate surface area is 123 Å². The lowest BCUT2D eigenvalue weighted by Crippen LogP contribution is -2.36. The molecular weight excluding hydrogens is 244 g/mol. The fraction of sp³-hybridized carbons (Fsp3) is 0.667. The van der Waals surface area contributed by atoms with Gasteiger partial charge in [0.15, 0.2) is 0 Å². The van der Waals surface area contributed by atoms with Crippen LogP contribution in [0.3, 0.4) is 0 Å². The number of nitrogens with two attached hydrogens (primary N) is 1. The van der Waals surface area contributed by atoms with Crippen LogP contribution in [0.5, 0.6) is 0 Å². The monoisotopic (exact) mass is 272 g/mol. The molecule has 2 nitrogen and oxygen atoms in total. The Bertz CT molecular complexity index is 437. The number of nitrogen functional groups attached to an aromatic ring is 1. The zero-order chi connectivity index (χ0) is 14.1. The minimum atomic E-state index is 0.617. The molecule has 0 radical (unpaired) electrons. The van der Waals surface area contributed by atoms with E-state index in [-0.39, 0.29) is 0 Å². The second-order valence-corrected chi connectivity index (χ2v) is 7.20. The Balaban J connectivity index is 1.62. The molecular formula is C18H28N2. The van der Waals surface area contributed by atoms with Gasteiger partial charge in [-0.3, -0.25) is 4.90 Å². The molecule has 2 aliphatic rings. The number of nitrogens with zero attached hydrogens (tertiary/aromatic N) is 1. The van der Waals surface area contributed by atoms with Crippen molar-refractivity contribution in [2.45, 2.75) is 52.1 Å². The summed E-state index contributed by atoms with van der Waals surface area (Å²) >= 11 is 0. The third kappa shape index (κ3) is 3.01. The highest BCUT2D eigenvalue weighted by Gasteiger charge is 2.40. The van der Waals surface area contributed by atoms with Gasteiger partial charge in [-0.2, -0.15) is 0 Å². The molecule has 0 saturated heterocycles. The highest BCUT2D eigenvalue weighted by Crippen LogP contribution is 2.48. The van der Waals surface area contributed by atoms with Crippen LogP contribution >= 0.6 is 0 Å². The fourth-order valence-electron chi connectivity index (χ4n) is 4.22. The Morgan fingerprint density at radius 1 is 1.15 bits per heavy atom. The number of fused-ring (bicyclic) bond motifs is 2. The van der Waals surface area contributed by atoms with Gasteiger partial charge in [-0.05, 0) is 68.6 Å². The topological polar surface area (TPSA) is 29.3 Å². The van der Waals surface area contributed by atoms with E-state index in [1.165, 1.54) is 37.8 Å². The van der Waals surface area contributed by atoms with Crippen LogP contribution < -0.4 is 5.73 Å². The van der Waals surface area contributed by atoms with Crippen molar-refractivity contribution in [3.05, 3.63) is 29.8 Å². The molecule has 1 aromatic carbocycles. The average molecular weight is 272 g/mol. The molecule has 3 atom stereocenters. The minimum absolute atomic E-state index is 0.617. The predicted octanol–water partition coefficient (Wildman–Crippen LogP) is 3.92. The summed E-state index contributed by atoms with van der Waals surface area (Å²) < 4.78 is 0. The maximum Gasteiger partial charge on any atom is 0.0314 e. The van der Waals surface area contributed by atoms with Crippen molar-refractivity contribution in [3.63, 3.8) is 0 Å². The van der Waals surface area contributed by atoms with E-state index >= 15 is 0 Å². The highest BCUT2D eigenvalue weighted by atomic mass is 15.1. The van der Waals surface area contributed by atoms with Gasteiger partial charge in [-0.15, -0.1) is 0 Å². The van der Waals surface area contributed by atoms with Crippen molar-refractivity contribution in [3.8, 4) is 0 Å². The fourth-order valence-corrected chi connectivity index (χ4v) is 4.22. The first-order valence-corrected chi connectivity index (χ1v) is 8.20. The van der Waals surface area contributed by atoms with E-state index in [4.69, 9.17) is 5.73 Å². The lowest BCUT2D eigenvalue weighted by molar-refractivity contribution is 0.150. The lowest BCUT2D eigenvalue weighted by Gasteiger charge is -2.32. The summed E-state index contributed by atoms with van der Waals surface area (Å²) in [6, 6.07) is 9.00. The SMILES string of the molecule is CC(C)N(Cc1ccc(N)cc1)CC1CC2CCC1C2. The van der Waals surface area contributed by atoms with Crippen molar-refractivity contribution < 1.29 is 0 Å². The van der Waals surface area contributed by atoms with E-state index in [0.717, 1.165) is 30.0 Å². The van der Waals surface area contributed by atoms with Crippen molar-refractivity contribution in [1.29, 1.82) is 0 Å². The third-order valence-electron chi connectivity index (χ3n) is 5.45. The van der Waals surface area contributed by atoms with Crippen LogP contribution in [-0.4, -0.2) is 17.5 Å². The molecule has 1 aromatic rings. The second-order valence-electron chi connectivity index (χ2n) is 7.20. The summed E-state index contributed by atoms with van der Waals surface area (Å²) in [5.41, 5.74) is 8.02. The maximum atomic E-state index is 5.78. The first kappa shape index (κ1) is 13.9. The third-order valence-corrected chi connectivity index (χ3v) is 5.45. The largest absolute Gasteiger partial charge is 0.399 e. The summed E-state index contributed by atoms with van der Waals surface area (Å²) in [5, 5.41) is 0. The molecule has 2 N–H and O–H groups in total. The van der Waals surface area contributed by atoms with Gasteiger partial charge in [0.1, 0.15) is 0 Å². The van der Waals surface area contributed by atoms with Crippen LogP contribution in [0.15, 0.2) is 24.3 Å². The Morgan fingerprint density at radius 2 is 1.90 bits per heavy atom. The quantitative estimate of drug-likeness (QED) is 0.823.